The van der Waals surface area contributed by atoms with Crippen LogP contribution in [-0.2, 0) is 19.1 Å². The van der Waals surface area contributed by atoms with Gasteiger partial charge in [-0.3, -0.25) is 39.7 Å². The van der Waals surface area contributed by atoms with Crippen LogP contribution in [0, 0.1) is 23.0 Å². The van der Waals surface area contributed by atoms with E-state index in [9.17, 15) is 29.3 Å². The largest absolute Gasteiger partial charge is 0.455 e. The molecule has 1 aliphatic rings. The second-order valence-electron chi connectivity index (χ2n) is 7.27. The molecular weight excluding hydrogens is 500 g/mol. The molecule has 172 valence electrons. The van der Waals surface area contributed by atoms with Crippen LogP contribution in [-0.4, -0.2) is 46.8 Å². The third kappa shape index (κ3) is 6.13. The quantitative estimate of drug-likeness (QED) is 0.324. The lowest BCUT2D eigenvalue weighted by Gasteiger charge is -2.17. The van der Waals surface area contributed by atoms with E-state index in [1.165, 1.54) is 18.2 Å². The van der Waals surface area contributed by atoms with Crippen molar-refractivity contribution in [2.75, 3.05) is 18.5 Å². The van der Waals surface area contributed by atoms with Gasteiger partial charge in [-0.15, -0.1) is 0 Å². The van der Waals surface area contributed by atoms with Crippen LogP contribution in [0.3, 0.4) is 0 Å². The van der Waals surface area contributed by atoms with E-state index in [2.05, 4.69) is 26.7 Å². The molecule has 11 nitrogen and oxygen atoms in total. The summed E-state index contributed by atoms with van der Waals surface area (Å²) in [5.74, 6) is -3.27. The first-order valence-electron chi connectivity index (χ1n) is 9.72. The zero-order chi connectivity index (χ0) is 24.1. The molecule has 0 spiro atoms. The van der Waals surface area contributed by atoms with Crippen molar-refractivity contribution in [1.29, 1.82) is 0 Å². The number of nitro groups is 1. The highest BCUT2D eigenvalue weighted by Gasteiger charge is 2.36. The van der Waals surface area contributed by atoms with Gasteiger partial charge in [0.25, 0.3) is 17.5 Å². The standard InChI is InChI=1S/C21H19BrN4O7/c1-12-2-7-16(9-17(12)26(31)32)23-18(27)11-33-21(30)14-8-19(28)25(10-14)24-20(29)13-3-5-15(22)6-4-13/h2-7,9,14H,8,10-11H2,1H3,(H,23,27)(H,24,29)/t14-/m1/s1. The van der Waals surface area contributed by atoms with E-state index in [0.717, 1.165) is 9.48 Å². The summed E-state index contributed by atoms with van der Waals surface area (Å²) in [4.78, 5) is 59.2. The van der Waals surface area contributed by atoms with Crippen LogP contribution in [0.1, 0.15) is 22.3 Å². The van der Waals surface area contributed by atoms with Crippen LogP contribution in [0.2, 0.25) is 0 Å². The zero-order valence-electron chi connectivity index (χ0n) is 17.4. The molecule has 2 aromatic carbocycles. The Hall–Kier alpha value is -3.80. The van der Waals surface area contributed by atoms with Crippen molar-refractivity contribution in [3.63, 3.8) is 0 Å². The molecule has 33 heavy (non-hydrogen) atoms. The average molecular weight is 519 g/mol. The number of ether oxygens (including phenoxy) is 1. The molecule has 0 aliphatic carbocycles. The van der Waals surface area contributed by atoms with Gasteiger partial charge in [0, 0.05) is 33.8 Å². The van der Waals surface area contributed by atoms with Gasteiger partial charge in [0.05, 0.1) is 17.4 Å². The Balaban J connectivity index is 1.49. The first kappa shape index (κ1) is 23.9. The molecule has 1 fully saturated rings. The number of carbonyl (C=O) groups is 4. The van der Waals surface area contributed by atoms with Crippen molar-refractivity contribution < 1.29 is 28.8 Å². The Morgan fingerprint density at radius 3 is 2.58 bits per heavy atom. The SMILES string of the molecule is Cc1ccc(NC(=O)COC(=O)[C@@H]2CC(=O)N(NC(=O)c3ccc(Br)cc3)C2)cc1[N+](=O)[O-]. The number of nitrogens with one attached hydrogen (secondary N) is 2. The Bertz CT molecular complexity index is 1120. The summed E-state index contributed by atoms with van der Waals surface area (Å²) in [5.41, 5.74) is 3.26. The summed E-state index contributed by atoms with van der Waals surface area (Å²) in [5, 5.41) is 14.5. The minimum Gasteiger partial charge on any atom is -0.455 e. The number of amides is 3. The topological polar surface area (TPSA) is 148 Å². The minimum absolute atomic E-state index is 0.0916. The summed E-state index contributed by atoms with van der Waals surface area (Å²) >= 11 is 3.27. The molecule has 0 unspecified atom stereocenters. The third-order valence-electron chi connectivity index (χ3n) is 4.84. The molecule has 0 bridgehead atoms. The molecule has 0 radical (unpaired) electrons. The number of hydrogen-bond donors (Lipinski definition) is 2. The molecule has 3 rings (SSSR count). The third-order valence-corrected chi connectivity index (χ3v) is 5.37. The van der Waals surface area contributed by atoms with Crippen LogP contribution in [0.15, 0.2) is 46.9 Å². The number of anilines is 1. The zero-order valence-corrected chi connectivity index (χ0v) is 19.0. The number of halogens is 1. The van der Waals surface area contributed by atoms with Crippen molar-refractivity contribution in [1.82, 2.24) is 10.4 Å². The highest BCUT2D eigenvalue weighted by atomic mass is 79.9. The first-order chi connectivity index (χ1) is 15.6. The van der Waals surface area contributed by atoms with Gasteiger partial charge >= 0.3 is 5.97 Å². The highest BCUT2D eigenvalue weighted by Crippen LogP contribution is 2.22. The second-order valence-corrected chi connectivity index (χ2v) is 8.18. The maximum absolute atomic E-state index is 12.3. The van der Waals surface area contributed by atoms with E-state index in [0.29, 0.717) is 11.1 Å². The summed E-state index contributed by atoms with van der Waals surface area (Å²) in [6.45, 7) is 0.848. The van der Waals surface area contributed by atoms with Crippen molar-refractivity contribution in [2.45, 2.75) is 13.3 Å². The number of benzene rings is 2. The van der Waals surface area contributed by atoms with Gasteiger partial charge in [0.2, 0.25) is 5.91 Å². The van der Waals surface area contributed by atoms with Crippen molar-refractivity contribution >= 4 is 51.0 Å². The lowest BCUT2D eigenvalue weighted by atomic mass is 10.1. The van der Waals surface area contributed by atoms with Crippen molar-refractivity contribution in [3.05, 3.63) is 68.2 Å². The van der Waals surface area contributed by atoms with Gasteiger partial charge in [-0.1, -0.05) is 22.0 Å². The van der Waals surface area contributed by atoms with Crippen LogP contribution in [0.4, 0.5) is 11.4 Å². The number of hydrogen-bond acceptors (Lipinski definition) is 7. The fraction of sp³-hybridized carbons (Fsp3) is 0.238. The number of hydrazine groups is 1. The molecule has 2 aromatic rings. The molecule has 1 atom stereocenters. The summed E-state index contributed by atoms with van der Waals surface area (Å²) < 4.78 is 5.77. The molecule has 1 aliphatic heterocycles. The van der Waals surface area contributed by atoms with E-state index in [-0.39, 0.29) is 24.3 Å². The van der Waals surface area contributed by atoms with Crippen LogP contribution in [0.25, 0.3) is 0 Å². The minimum atomic E-state index is -0.851. The second kappa shape index (κ2) is 10.2. The Morgan fingerprint density at radius 2 is 1.91 bits per heavy atom. The van der Waals surface area contributed by atoms with Gasteiger partial charge in [-0.05, 0) is 37.3 Å². The molecule has 2 N–H and O–H groups in total. The number of rotatable bonds is 7. The Labute approximate surface area is 196 Å². The van der Waals surface area contributed by atoms with E-state index >= 15 is 0 Å². The van der Waals surface area contributed by atoms with E-state index in [1.54, 1.807) is 31.2 Å². The summed E-state index contributed by atoms with van der Waals surface area (Å²) in [6, 6.07) is 10.7. The Morgan fingerprint density at radius 1 is 1.21 bits per heavy atom. The molecule has 1 heterocycles. The van der Waals surface area contributed by atoms with Crippen LogP contribution in [0.5, 0.6) is 0 Å². The molecule has 3 amide bonds. The predicted molar refractivity (Wildman–Crippen MR) is 119 cm³/mol. The van der Waals surface area contributed by atoms with Crippen LogP contribution >= 0.6 is 15.9 Å². The van der Waals surface area contributed by atoms with Gasteiger partial charge in [-0.2, -0.15) is 0 Å². The van der Waals surface area contributed by atoms with Gasteiger partial charge in [0.15, 0.2) is 6.61 Å². The van der Waals surface area contributed by atoms with Crippen LogP contribution < -0.4 is 10.7 Å². The van der Waals surface area contributed by atoms with Gasteiger partial charge < -0.3 is 10.1 Å². The van der Waals surface area contributed by atoms with E-state index in [1.807, 2.05) is 0 Å². The fourth-order valence-electron chi connectivity index (χ4n) is 3.10. The smallest absolute Gasteiger partial charge is 0.311 e. The number of nitrogens with zero attached hydrogens (tertiary/aromatic N) is 2. The lowest BCUT2D eigenvalue weighted by molar-refractivity contribution is -0.385. The summed E-state index contributed by atoms with van der Waals surface area (Å²) in [7, 11) is 0. The maximum Gasteiger partial charge on any atom is 0.311 e. The van der Waals surface area contributed by atoms with E-state index < -0.39 is 41.1 Å². The number of aryl methyl sites for hydroxylation is 1. The first-order valence-corrected chi connectivity index (χ1v) is 10.5. The maximum atomic E-state index is 12.3. The van der Waals surface area contributed by atoms with Crippen molar-refractivity contribution in [3.8, 4) is 0 Å². The average Bonchev–Trinajstić information content (AvgIpc) is 3.14. The normalized spacial score (nSPS) is 15.2. The molecule has 0 saturated carbocycles. The number of carbonyl (C=O) groups excluding carboxylic acids is 4. The highest BCUT2D eigenvalue weighted by molar-refractivity contribution is 9.10. The number of nitro benzene ring substituents is 1. The molecular formula is C21H19BrN4O7. The fourth-order valence-corrected chi connectivity index (χ4v) is 3.36. The molecule has 1 saturated heterocycles. The van der Waals surface area contributed by atoms with Crippen molar-refractivity contribution in [2.24, 2.45) is 5.92 Å². The van der Waals surface area contributed by atoms with Gasteiger partial charge in [0.1, 0.15) is 0 Å². The number of esters is 1. The van der Waals surface area contributed by atoms with Gasteiger partial charge in [-0.25, -0.2) is 0 Å². The monoisotopic (exact) mass is 518 g/mol. The lowest BCUT2D eigenvalue weighted by Crippen LogP contribution is -2.43. The molecule has 12 heteroatoms. The van der Waals surface area contributed by atoms with E-state index in [4.69, 9.17) is 4.74 Å². The predicted octanol–water partition coefficient (Wildman–Crippen LogP) is 2.34. The molecule has 0 aromatic heterocycles. The Kier molecular flexibility index (Phi) is 7.38. The summed E-state index contributed by atoms with van der Waals surface area (Å²) in [6.07, 6.45) is -0.175.